The van der Waals surface area contributed by atoms with Gasteiger partial charge in [-0.05, 0) is 43.7 Å². The molecule has 0 spiro atoms. The molecular formula is C20H23ClFN5O2. The van der Waals surface area contributed by atoms with E-state index < -0.39 is 17.8 Å². The Morgan fingerprint density at radius 3 is 2.83 bits per heavy atom. The molecule has 1 aliphatic rings. The second-order valence-corrected chi connectivity index (χ2v) is 7.34. The Kier molecular flexibility index (Phi) is 6.34. The summed E-state index contributed by atoms with van der Waals surface area (Å²) in [4.78, 5) is 29.5. The van der Waals surface area contributed by atoms with Crippen LogP contribution in [0.3, 0.4) is 0 Å². The van der Waals surface area contributed by atoms with E-state index in [1.54, 1.807) is 19.1 Å². The van der Waals surface area contributed by atoms with Crippen molar-refractivity contribution in [2.45, 2.75) is 32.5 Å². The lowest BCUT2D eigenvalue weighted by molar-refractivity contribution is -0.121. The van der Waals surface area contributed by atoms with Gasteiger partial charge in [0.25, 0.3) is 5.91 Å². The molecule has 7 nitrogen and oxygen atoms in total. The molecule has 154 valence electrons. The zero-order chi connectivity index (χ0) is 21.1. The van der Waals surface area contributed by atoms with E-state index in [1.165, 1.54) is 13.1 Å². The summed E-state index contributed by atoms with van der Waals surface area (Å²) in [5, 5.41) is 8.70. The molecule has 3 rings (SSSR count). The normalized spacial score (nSPS) is 14.5. The van der Waals surface area contributed by atoms with Crippen LogP contribution < -0.4 is 16.0 Å². The summed E-state index contributed by atoms with van der Waals surface area (Å²) in [7, 11) is 1.48. The van der Waals surface area contributed by atoms with Crippen molar-refractivity contribution >= 4 is 23.4 Å². The zero-order valence-electron chi connectivity index (χ0n) is 16.3. The Morgan fingerprint density at radius 1 is 1.41 bits per heavy atom. The summed E-state index contributed by atoms with van der Waals surface area (Å²) in [6, 6.07) is 3.46. The molecule has 0 saturated carbocycles. The Labute approximate surface area is 173 Å². The van der Waals surface area contributed by atoms with E-state index in [2.05, 4.69) is 27.5 Å². The Morgan fingerprint density at radius 2 is 2.17 bits per heavy atom. The second-order valence-electron chi connectivity index (χ2n) is 6.90. The molecule has 0 radical (unpaired) electrons. The first kappa shape index (κ1) is 21.0. The molecule has 1 aromatic carbocycles. The number of carbonyl (C=O) groups is 2. The predicted octanol–water partition coefficient (Wildman–Crippen LogP) is 2.26. The van der Waals surface area contributed by atoms with Crippen LogP contribution in [0.1, 0.15) is 29.5 Å². The fourth-order valence-corrected chi connectivity index (χ4v) is 3.45. The highest BCUT2D eigenvalue weighted by molar-refractivity contribution is 6.30. The van der Waals surface area contributed by atoms with E-state index in [-0.39, 0.29) is 22.2 Å². The molecule has 2 amide bonds. The number of rotatable bonds is 5. The smallest absolute Gasteiger partial charge is 0.272 e. The first-order valence-corrected chi connectivity index (χ1v) is 9.64. The molecule has 1 atom stereocenters. The van der Waals surface area contributed by atoms with Crippen molar-refractivity contribution in [2.24, 2.45) is 0 Å². The molecule has 0 fully saturated rings. The average Bonchev–Trinajstić information content (AvgIpc) is 2.86. The number of imidazole rings is 1. The minimum atomic E-state index is -0.890. The molecule has 0 saturated heterocycles. The molecule has 0 aliphatic carbocycles. The van der Waals surface area contributed by atoms with Gasteiger partial charge < -0.3 is 20.5 Å². The van der Waals surface area contributed by atoms with Crippen LogP contribution in [0.4, 0.5) is 4.39 Å². The van der Waals surface area contributed by atoms with Crippen LogP contribution in [0.5, 0.6) is 0 Å². The van der Waals surface area contributed by atoms with Crippen LogP contribution in [0, 0.1) is 5.82 Å². The first-order valence-electron chi connectivity index (χ1n) is 9.27. The van der Waals surface area contributed by atoms with E-state index in [4.69, 9.17) is 11.6 Å². The second kappa shape index (κ2) is 8.75. The third kappa shape index (κ3) is 4.33. The van der Waals surface area contributed by atoms with E-state index in [0.29, 0.717) is 30.2 Å². The number of nitrogens with one attached hydrogen (secondary N) is 3. The summed E-state index contributed by atoms with van der Waals surface area (Å²) >= 11 is 5.87. The van der Waals surface area contributed by atoms with Gasteiger partial charge in [-0.25, -0.2) is 9.37 Å². The van der Waals surface area contributed by atoms with Crippen molar-refractivity contribution in [2.75, 3.05) is 13.6 Å². The number of aromatic nitrogens is 2. The number of hydrogen-bond donors (Lipinski definition) is 3. The summed E-state index contributed by atoms with van der Waals surface area (Å²) in [5.41, 5.74) is 1.55. The lowest BCUT2D eigenvalue weighted by atomic mass is 10.1. The molecule has 1 aromatic heterocycles. The van der Waals surface area contributed by atoms with Gasteiger partial charge in [0.1, 0.15) is 17.7 Å². The summed E-state index contributed by atoms with van der Waals surface area (Å²) < 4.78 is 16.4. The standard InChI is InChI=1S/C20H23ClFN5O2/c1-11(2)16(19(28)23-3)26-20(29)17-15-10-24-7-4-8-27(15)18(25-17)13-6-5-12(21)9-14(13)22/h5-6,9,16,24H,1,4,7-8,10H2,2-3H3,(H,23,28)(H,26,29)/t16-/m0/s1. The summed E-state index contributed by atoms with van der Waals surface area (Å²) in [6.07, 6.45) is 0.805. The lowest BCUT2D eigenvalue weighted by Crippen LogP contribution is -2.46. The van der Waals surface area contributed by atoms with Gasteiger partial charge in [0.2, 0.25) is 5.91 Å². The number of nitrogens with zero attached hydrogens (tertiary/aromatic N) is 2. The number of halogens is 2. The monoisotopic (exact) mass is 419 g/mol. The highest BCUT2D eigenvalue weighted by atomic mass is 35.5. The van der Waals surface area contributed by atoms with E-state index in [0.717, 1.165) is 13.0 Å². The van der Waals surface area contributed by atoms with Crippen LogP contribution >= 0.6 is 11.6 Å². The maximum absolute atomic E-state index is 14.6. The van der Waals surface area contributed by atoms with E-state index >= 15 is 0 Å². The van der Waals surface area contributed by atoms with Crippen molar-refractivity contribution < 1.29 is 14.0 Å². The van der Waals surface area contributed by atoms with E-state index in [1.807, 2.05) is 4.57 Å². The van der Waals surface area contributed by atoms with Crippen LogP contribution in [-0.4, -0.2) is 41.0 Å². The molecular weight excluding hydrogens is 397 g/mol. The highest BCUT2D eigenvalue weighted by Gasteiger charge is 2.28. The maximum atomic E-state index is 14.6. The van der Waals surface area contributed by atoms with Crippen molar-refractivity contribution in [3.63, 3.8) is 0 Å². The molecule has 0 bridgehead atoms. The van der Waals surface area contributed by atoms with Crippen LogP contribution in [0.15, 0.2) is 30.4 Å². The van der Waals surface area contributed by atoms with Crippen molar-refractivity contribution in [3.8, 4) is 11.4 Å². The number of hydrogen-bond acceptors (Lipinski definition) is 4. The predicted molar refractivity (Wildman–Crippen MR) is 109 cm³/mol. The summed E-state index contributed by atoms with van der Waals surface area (Å²) in [5.74, 6) is -1.05. The van der Waals surface area contributed by atoms with Gasteiger partial charge in [-0.1, -0.05) is 18.2 Å². The molecule has 2 aromatic rings. The quantitative estimate of drug-likeness (QED) is 0.649. The third-order valence-electron chi connectivity index (χ3n) is 4.76. The van der Waals surface area contributed by atoms with Gasteiger partial charge in [-0.2, -0.15) is 0 Å². The Balaban J connectivity index is 2.05. The van der Waals surface area contributed by atoms with Gasteiger partial charge in [0, 0.05) is 25.2 Å². The van der Waals surface area contributed by atoms with Crippen LogP contribution in [0.2, 0.25) is 5.02 Å². The van der Waals surface area contributed by atoms with Crippen LogP contribution in [0.25, 0.3) is 11.4 Å². The number of fused-ring (bicyclic) bond motifs is 1. The fourth-order valence-electron chi connectivity index (χ4n) is 3.29. The minimum absolute atomic E-state index is 0.152. The average molecular weight is 420 g/mol. The largest absolute Gasteiger partial charge is 0.357 e. The topological polar surface area (TPSA) is 88.1 Å². The van der Waals surface area contributed by atoms with Gasteiger partial charge >= 0.3 is 0 Å². The molecule has 1 aliphatic heterocycles. The number of amides is 2. The Bertz CT molecular complexity index is 972. The molecule has 3 N–H and O–H groups in total. The highest BCUT2D eigenvalue weighted by Crippen LogP contribution is 2.28. The third-order valence-corrected chi connectivity index (χ3v) is 5.00. The van der Waals surface area contributed by atoms with Crippen molar-refractivity contribution in [1.82, 2.24) is 25.5 Å². The molecule has 29 heavy (non-hydrogen) atoms. The molecule has 0 unspecified atom stereocenters. The summed E-state index contributed by atoms with van der Waals surface area (Å²) in [6.45, 7) is 7.18. The van der Waals surface area contributed by atoms with Gasteiger partial charge in [-0.15, -0.1) is 0 Å². The maximum Gasteiger partial charge on any atom is 0.272 e. The van der Waals surface area contributed by atoms with Crippen LogP contribution in [-0.2, 0) is 17.9 Å². The number of carbonyl (C=O) groups excluding carboxylic acids is 2. The number of likely N-dealkylation sites (N-methyl/N-ethyl adjacent to an activating group) is 1. The zero-order valence-corrected chi connectivity index (χ0v) is 17.1. The number of benzene rings is 1. The first-order chi connectivity index (χ1) is 13.8. The van der Waals surface area contributed by atoms with E-state index in [9.17, 15) is 14.0 Å². The fraction of sp³-hybridized carbons (Fsp3) is 0.350. The van der Waals surface area contributed by atoms with Crippen molar-refractivity contribution in [1.29, 1.82) is 0 Å². The van der Waals surface area contributed by atoms with Gasteiger partial charge in [0.05, 0.1) is 11.3 Å². The lowest BCUT2D eigenvalue weighted by Gasteiger charge is -2.17. The van der Waals surface area contributed by atoms with Gasteiger partial charge in [0.15, 0.2) is 5.69 Å². The SMILES string of the molecule is C=C(C)[C@H](NC(=O)c1nc(-c2ccc(Cl)cc2F)n2c1CNCCC2)C(=O)NC. The van der Waals surface area contributed by atoms with Crippen molar-refractivity contribution in [3.05, 3.63) is 52.6 Å². The minimum Gasteiger partial charge on any atom is -0.357 e. The Hall–Kier alpha value is -2.71. The molecule has 2 heterocycles. The molecule has 9 heteroatoms. The van der Waals surface area contributed by atoms with Gasteiger partial charge in [-0.3, -0.25) is 9.59 Å².